The average Bonchev–Trinajstić information content (AvgIpc) is 2.31. The van der Waals surface area contributed by atoms with Crippen LogP contribution in [0.3, 0.4) is 0 Å². The summed E-state index contributed by atoms with van der Waals surface area (Å²) in [6.45, 7) is 12.8. The van der Waals surface area contributed by atoms with Crippen LogP contribution in [0.25, 0.3) is 0 Å². The Morgan fingerprint density at radius 3 is 1.83 bits per heavy atom. The summed E-state index contributed by atoms with van der Waals surface area (Å²) in [4.78, 5) is 14.1. The van der Waals surface area contributed by atoms with Gasteiger partial charge in [-0.25, -0.2) is 5.84 Å². The largest absolute Gasteiger partial charge is 0.293 e. The van der Waals surface area contributed by atoms with E-state index >= 15 is 0 Å². The Balaban J connectivity index is 4.53. The van der Waals surface area contributed by atoms with Crippen molar-refractivity contribution in [3.05, 3.63) is 0 Å². The highest BCUT2D eigenvalue weighted by Crippen LogP contribution is 2.12. The van der Waals surface area contributed by atoms with E-state index in [1.165, 1.54) is 0 Å². The number of nitrogens with one attached hydrogen (secondary N) is 1. The van der Waals surface area contributed by atoms with Gasteiger partial charge < -0.3 is 0 Å². The predicted molar refractivity (Wildman–Crippen MR) is 76.9 cm³/mol. The summed E-state index contributed by atoms with van der Waals surface area (Å²) >= 11 is 0. The fourth-order valence-electron chi connectivity index (χ4n) is 1.98. The minimum absolute atomic E-state index is 0.0648. The van der Waals surface area contributed by atoms with Crippen LogP contribution in [0.5, 0.6) is 0 Å². The van der Waals surface area contributed by atoms with Crippen molar-refractivity contribution in [1.29, 1.82) is 0 Å². The molecule has 4 nitrogen and oxygen atoms in total. The van der Waals surface area contributed by atoms with Gasteiger partial charge in [-0.05, 0) is 44.2 Å². The van der Waals surface area contributed by atoms with Crippen LogP contribution in [0.2, 0.25) is 0 Å². The fraction of sp³-hybridized carbons (Fsp3) is 0.929. The molecule has 4 heteroatoms. The van der Waals surface area contributed by atoms with E-state index in [1.54, 1.807) is 0 Å². The number of rotatable bonds is 9. The first-order valence-corrected chi connectivity index (χ1v) is 7.16. The maximum atomic E-state index is 11.8. The lowest BCUT2D eigenvalue weighted by Crippen LogP contribution is -2.49. The lowest BCUT2D eigenvalue weighted by atomic mass is 10.1. The second-order valence-electron chi connectivity index (χ2n) is 5.83. The molecule has 18 heavy (non-hydrogen) atoms. The topological polar surface area (TPSA) is 58.4 Å². The molecule has 0 aromatic rings. The normalized spacial score (nSPS) is 13.4. The molecule has 0 saturated heterocycles. The monoisotopic (exact) mass is 257 g/mol. The molecule has 1 unspecified atom stereocenters. The Bertz CT molecular complexity index is 217. The van der Waals surface area contributed by atoms with Crippen LogP contribution in [0.15, 0.2) is 0 Å². The summed E-state index contributed by atoms with van der Waals surface area (Å²) in [6.07, 6.45) is 3.04. The lowest BCUT2D eigenvalue weighted by Gasteiger charge is -2.30. The maximum Gasteiger partial charge on any atom is 0.251 e. The fourth-order valence-corrected chi connectivity index (χ4v) is 1.98. The molecule has 0 bridgehead atoms. The van der Waals surface area contributed by atoms with E-state index in [-0.39, 0.29) is 11.9 Å². The third kappa shape index (κ3) is 6.97. The Morgan fingerprint density at radius 1 is 1.11 bits per heavy atom. The smallest absolute Gasteiger partial charge is 0.251 e. The maximum absolute atomic E-state index is 11.8. The number of carbonyl (C=O) groups excluding carboxylic acids is 1. The van der Waals surface area contributed by atoms with Gasteiger partial charge in [0.25, 0.3) is 5.91 Å². The van der Waals surface area contributed by atoms with Crippen LogP contribution in [0.1, 0.15) is 53.9 Å². The first kappa shape index (κ1) is 17.4. The Morgan fingerprint density at radius 2 is 1.56 bits per heavy atom. The van der Waals surface area contributed by atoms with Crippen LogP contribution in [-0.2, 0) is 4.79 Å². The molecule has 0 saturated carbocycles. The van der Waals surface area contributed by atoms with Gasteiger partial charge in [0, 0.05) is 0 Å². The first-order chi connectivity index (χ1) is 8.42. The van der Waals surface area contributed by atoms with E-state index in [9.17, 15) is 4.79 Å². The van der Waals surface area contributed by atoms with Crippen LogP contribution in [0, 0.1) is 11.8 Å². The van der Waals surface area contributed by atoms with Gasteiger partial charge in [0.05, 0.1) is 6.04 Å². The summed E-state index contributed by atoms with van der Waals surface area (Å²) in [6, 6.07) is -0.0903. The zero-order chi connectivity index (χ0) is 14.1. The Labute approximate surface area is 112 Å². The highest BCUT2D eigenvalue weighted by molar-refractivity contribution is 5.81. The van der Waals surface area contributed by atoms with Crippen LogP contribution >= 0.6 is 0 Å². The van der Waals surface area contributed by atoms with Crippen LogP contribution < -0.4 is 11.3 Å². The zero-order valence-corrected chi connectivity index (χ0v) is 12.7. The summed E-state index contributed by atoms with van der Waals surface area (Å²) < 4.78 is 0. The van der Waals surface area contributed by atoms with Crippen molar-refractivity contribution >= 4 is 5.91 Å². The average molecular weight is 257 g/mol. The molecule has 0 spiro atoms. The third-order valence-corrected chi connectivity index (χ3v) is 3.26. The predicted octanol–water partition coefficient (Wildman–Crippen LogP) is 2.15. The summed E-state index contributed by atoms with van der Waals surface area (Å²) in [5, 5.41) is 0. The molecule has 1 amide bonds. The van der Waals surface area contributed by atoms with Crippen molar-refractivity contribution in [1.82, 2.24) is 10.3 Å². The molecular weight excluding hydrogens is 226 g/mol. The molecule has 0 radical (unpaired) electrons. The van der Waals surface area contributed by atoms with Crippen molar-refractivity contribution in [3.63, 3.8) is 0 Å². The number of carbonyl (C=O) groups is 1. The number of amides is 1. The van der Waals surface area contributed by atoms with E-state index in [0.29, 0.717) is 11.8 Å². The lowest BCUT2D eigenvalue weighted by molar-refractivity contribution is -0.126. The quantitative estimate of drug-likeness (QED) is 0.378. The highest BCUT2D eigenvalue weighted by Gasteiger charge is 2.23. The molecule has 1 atom stereocenters. The number of nitrogens with zero attached hydrogens (tertiary/aromatic N) is 1. The van der Waals surface area contributed by atoms with E-state index in [2.05, 4.69) is 38.0 Å². The van der Waals surface area contributed by atoms with Gasteiger partial charge in [-0.3, -0.25) is 15.1 Å². The van der Waals surface area contributed by atoms with Crippen molar-refractivity contribution in [3.8, 4) is 0 Å². The first-order valence-electron chi connectivity index (χ1n) is 7.16. The number of hydrogen-bond acceptors (Lipinski definition) is 3. The molecule has 0 aliphatic carbocycles. The second-order valence-corrected chi connectivity index (χ2v) is 5.83. The van der Waals surface area contributed by atoms with E-state index in [0.717, 1.165) is 32.4 Å². The van der Waals surface area contributed by atoms with Gasteiger partial charge >= 0.3 is 0 Å². The Kier molecular flexibility index (Phi) is 9.02. The highest BCUT2D eigenvalue weighted by atomic mass is 16.2. The summed E-state index contributed by atoms with van der Waals surface area (Å²) in [5.41, 5.74) is 2.29. The number of nitrogens with two attached hydrogens (primary N) is 1. The minimum Gasteiger partial charge on any atom is -0.293 e. The van der Waals surface area contributed by atoms with Gasteiger partial charge in [0.1, 0.15) is 0 Å². The molecule has 0 heterocycles. The molecule has 0 aliphatic rings. The minimum atomic E-state index is -0.0903. The molecule has 0 rings (SSSR count). The number of hydrazine groups is 1. The zero-order valence-electron chi connectivity index (χ0n) is 12.7. The standard InChI is InChI=1S/C14H31N3O/c1-6-13(14(18)16-15)17(9-7-11(2)3)10-8-12(4)5/h11-13H,6-10,15H2,1-5H3,(H,16,18). The van der Waals surface area contributed by atoms with Crippen molar-refractivity contribution in [2.45, 2.75) is 59.9 Å². The second kappa shape index (κ2) is 9.34. The van der Waals surface area contributed by atoms with Crippen molar-refractivity contribution in [2.75, 3.05) is 13.1 Å². The van der Waals surface area contributed by atoms with Gasteiger partial charge in [-0.2, -0.15) is 0 Å². The Hall–Kier alpha value is -0.610. The van der Waals surface area contributed by atoms with E-state index in [4.69, 9.17) is 5.84 Å². The van der Waals surface area contributed by atoms with Crippen molar-refractivity contribution < 1.29 is 4.79 Å². The summed E-state index contributed by atoms with van der Waals surface area (Å²) in [5.74, 6) is 6.52. The van der Waals surface area contributed by atoms with E-state index in [1.807, 2.05) is 6.92 Å². The molecule has 0 fully saturated rings. The third-order valence-electron chi connectivity index (χ3n) is 3.26. The molecule has 0 aromatic heterocycles. The van der Waals surface area contributed by atoms with Gasteiger partial charge in [-0.15, -0.1) is 0 Å². The van der Waals surface area contributed by atoms with Gasteiger partial charge in [0.15, 0.2) is 0 Å². The molecule has 3 N–H and O–H groups in total. The molecule has 108 valence electrons. The van der Waals surface area contributed by atoms with Crippen molar-refractivity contribution in [2.24, 2.45) is 17.7 Å². The summed E-state index contributed by atoms with van der Waals surface area (Å²) in [7, 11) is 0. The molecule has 0 aliphatic heterocycles. The van der Waals surface area contributed by atoms with Crippen LogP contribution in [0.4, 0.5) is 0 Å². The number of hydrogen-bond donors (Lipinski definition) is 2. The van der Waals surface area contributed by atoms with Crippen LogP contribution in [-0.4, -0.2) is 29.9 Å². The SMILES string of the molecule is CCC(C(=O)NN)N(CCC(C)C)CCC(C)C. The molecular formula is C14H31N3O. The van der Waals surface area contributed by atoms with Gasteiger partial charge in [0.2, 0.25) is 0 Å². The molecule has 0 aromatic carbocycles. The van der Waals surface area contributed by atoms with E-state index < -0.39 is 0 Å². The van der Waals surface area contributed by atoms with Gasteiger partial charge in [-0.1, -0.05) is 34.6 Å².